The highest BCUT2D eigenvalue weighted by molar-refractivity contribution is 6.10. The Kier molecular flexibility index (Phi) is 2.71. The second kappa shape index (κ2) is 4.18. The molecule has 0 bridgehead atoms. The molecule has 2 aromatic carbocycles. The van der Waals surface area contributed by atoms with Crippen molar-refractivity contribution in [2.75, 3.05) is 0 Å². The van der Waals surface area contributed by atoms with Crippen molar-refractivity contribution in [1.29, 1.82) is 0 Å². The number of nitro groups is 1. The van der Waals surface area contributed by atoms with Crippen molar-refractivity contribution < 1.29 is 9.72 Å². The fourth-order valence-corrected chi connectivity index (χ4v) is 1.74. The van der Waals surface area contributed by atoms with Crippen molar-refractivity contribution in [3.05, 3.63) is 52.1 Å². The Morgan fingerprint density at radius 2 is 1.88 bits per heavy atom. The molecule has 0 heterocycles. The third-order valence-electron chi connectivity index (χ3n) is 2.46. The molecular formula is C11H9N3O3. The first kappa shape index (κ1) is 11.0. The summed E-state index contributed by atoms with van der Waals surface area (Å²) < 4.78 is 0. The van der Waals surface area contributed by atoms with E-state index < -0.39 is 10.8 Å². The van der Waals surface area contributed by atoms with E-state index in [0.29, 0.717) is 10.8 Å². The van der Waals surface area contributed by atoms with E-state index in [1.165, 1.54) is 12.1 Å². The van der Waals surface area contributed by atoms with Crippen LogP contribution in [0.1, 0.15) is 10.4 Å². The van der Waals surface area contributed by atoms with Crippen LogP contribution in [0.15, 0.2) is 36.4 Å². The summed E-state index contributed by atoms with van der Waals surface area (Å²) in [6.07, 6.45) is 0. The molecular weight excluding hydrogens is 222 g/mol. The number of carbonyl (C=O) groups excluding carboxylic acids is 1. The fraction of sp³-hybridized carbons (Fsp3) is 0. The monoisotopic (exact) mass is 231 g/mol. The van der Waals surface area contributed by atoms with Crippen molar-refractivity contribution in [1.82, 2.24) is 5.43 Å². The first-order valence-corrected chi connectivity index (χ1v) is 4.82. The highest BCUT2D eigenvalue weighted by Crippen LogP contribution is 2.28. The zero-order valence-electron chi connectivity index (χ0n) is 8.71. The first-order chi connectivity index (χ1) is 8.15. The average molecular weight is 231 g/mol. The van der Waals surface area contributed by atoms with Crippen LogP contribution in [-0.4, -0.2) is 10.8 Å². The molecule has 3 N–H and O–H groups in total. The van der Waals surface area contributed by atoms with Gasteiger partial charge in [0.05, 0.1) is 15.9 Å². The topological polar surface area (TPSA) is 98.3 Å². The molecule has 2 rings (SSSR count). The van der Waals surface area contributed by atoms with E-state index in [2.05, 4.69) is 0 Å². The normalized spacial score (nSPS) is 10.2. The van der Waals surface area contributed by atoms with Crippen LogP contribution in [0.5, 0.6) is 0 Å². The van der Waals surface area contributed by atoms with Crippen LogP contribution in [0.25, 0.3) is 10.8 Å². The minimum absolute atomic E-state index is 0.110. The van der Waals surface area contributed by atoms with Crippen molar-refractivity contribution in [2.45, 2.75) is 0 Å². The van der Waals surface area contributed by atoms with E-state index >= 15 is 0 Å². The summed E-state index contributed by atoms with van der Waals surface area (Å²) in [6.45, 7) is 0. The van der Waals surface area contributed by atoms with Gasteiger partial charge in [0.25, 0.3) is 11.6 Å². The van der Waals surface area contributed by atoms with Crippen LogP contribution in [0.4, 0.5) is 5.69 Å². The summed E-state index contributed by atoms with van der Waals surface area (Å²) in [5.41, 5.74) is 2.06. The zero-order chi connectivity index (χ0) is 12.4. The highest BCUT2D eigenvalue weighted by atomic mass is 16.6. The lowest BCUT2D eigenvalue weighted by Crippen LogP contribution is -2.30. The highest BCUT2D eigenvalue weighted by Gasteiger charge is 2.18. The maximum absolute atomic E-state index is 11.5. The second-order valence-corrected chi connectivity index (χ2v) is 3.41. The zero-order valence-corrected chi connectivity index (χ0v) is 8.71. The van der Waals surface area contributed by atoms with Crippen molar-refractivity contribution in [2.24, 2.45) is 5.84 Å². The fourth-order valence-electron chi connectivity index (χ4n) is 1.74. The predicted octanol–water partition coefficient (Wildman–Crippen LogP) is 1.35. The average Bonchev–Trinajstić information content (AvgIpc) is 2.36. The molecule has 0 fully saturated rings. The molecule has 17 heavy (non-hydrogen) atoms. The van der Waals surface area contributed by atoms with Gasteiger partial charge in [-0.1, -0.05) is 24.3 Å². The molecule has 0 aromatic heterocycles. The minimum atomic E-state index is -0.551. The van der Waals surface area contributed by atoms with E-state index in [1.54, 1.807) is 24.3 Å². The number of hydrogen-bond acceptors (Lipinski definition) is 4. The third kappa shape index (κ3) is 1.81. The van der Waals surface area contributed by atoms with E-state index in [1.807, 2.05) is 5.43 Å². The number of nitrogens with one attached hydrogen (secondary N) is 1. The van der Waals surface area contributed by atoms with Gasteiger partial charge in [-0.3, -0.25) is 20.3 Å². The number of amides is 1. The molecule has 0 saturated carbocycles. The number of nitrogens with two attached hydrogens (primary N) is 1. The SMILES string of the molecule is NNC(=O)c1cccc2cccc([N+](=O)[O-])c12. The van der Waals surface area contributed by atoms with Gasteiger partial charge >= 0.3 is 0 Å². The number of nitro benzene ring substituents is 1. The van der Waals surface area contributed by atoms with Crippen LogP contribution in [0.3, 0.4) is 0 Å². The van der Waals surface area contributed by atoms with Gasteiger partial charge < -0.3 is 0 Å². The summed E-state index contributed by atoms with van der Waals surface area (Å²) in [5, 5.41) is 11.8. The second-order valence-electron chi connectivity index (χ2n) is 3.41. The van der Waals surface area contributed by atoms with Gasteiger partial charge in [0.1, 0.15) is 0 Å². The number of benzene rings is 2. The van der Waals surface area contributed by atoms with Crippen molar-refractivity contribution >= 4 is 22.4 Å². The summed E-state index contributed by atoms with van der Waals surface area (Å²) in [5.74, 6) is 4.50. The predicted molar refractivity (Wildman–Crippen MR) is 62.3 cm³/mol. The molecule has 0 radical (unpaired) electrons. The molecule has 0 aliphatic carbocycles. The largest absolute Gasteiger partial charge is 0.290 e. The number of hydrazine groups is 1. The van der Waals surface area contributed by atoms with E-state index in [-0.39, 0.29) is 11.3 Å². The smallest absolute Gasteiger partial charge is 0.277 e. The van der Waals surface area contributed by atoms with E-state index in [0.717, 1.165) is 0 Å². The Bertz CT molecular complexity index is 605. The number of non-ortho nitro benzene ring substituents is 1. The molecule has 0 aliphatic heterocycles. The van der Waals surface area contributed by atoms with Gasteiger partial charge in [-0.25, -0.2) is 5.84 Å². The number of fused-ring (bicyclic) bond motifs is 1. The molecule has 2 aromatic rings. The molecule has 0 saturated heterocycles. The van der Waals surface area contributed by atoms with Crippen LogP contribution >= 0.6 is 0 Å². The van der Waals surface area contributed by atoms with Gasteiger partial charge in [-0.05, 0) is 11.5 Å². The summed E-state index contributed by atoms with van der Waals surface area (Å²) in [6, 6.07) is 9.49. The minimum Gasteiger partial charge on any atom is -0.290 e. The van der Waals surface area contributed by atoms with Crippen molar-refractivity contribution in [3.63, 3.8) is 0 Å². The van der Waals surface area contributed by atoms with Gasteiger partial charge in [-0.15, -0.1) is 0 Å². The molecule has 0 unspecified atom stereocenters. The lowest BCUT2D eigenvalue weighted by atomic mass is 10.0. The molecule has 0 spiro atoms. The molecule has 1 amide bonds. The first-order valence-electron chi connectivity index (χ1n) is 4.82. The maximum Gasteiger partial charge on any atom is 0.277 e. The number of nitrogen functional groups attached to an aromatic ring is 1. The summed E-state index contributed by atoms with van der Waals surface area (Å²) >= 11 is 0. The maximum atomic E-state index is 11.5. The number of rotatable bonds is 2. The summed E-state index contributed by atoms with van der Waals surface area (Å²) in [4.78, 5) is 21.9. The number of carbonyl (C=O) groups is 1. The van der Waals surface area contributed by atoms with Crippen LogP contribution < -0.4 is 11.3 Å². The van der Waals surface area contributed by atoms with E-state index in [4.69, 9.17) is 5.84 Å². The van der Waals surface area contributed by atoms with Crippen molar-refractivity contribution in [3.8, 4) is 0 Å². The molecule has 6 heteroatoms. The van der Waals surface area contributed by atoms with E-state index in [9.17, 15) is 14.9 Å². The molecule has 6 nitrogen and oxygen atoms in total. The third-order valence-corrected chi connectivity index (χ3v) is 2.46. The van der Waals surface area contributed by atoms with Gasteiger partial charge in [-0.2, -0.15) is 0 Å². The number of nitrogens with zero attached hydrogens (tertiary/aromatic N) is 1. The Labute approximate surface area is 96.2 Å². The van der Waals surface area contributed by atoms with Gasteiger partial charge in [0, 0.05) is 6.07 Å². The quantitative estimate of drug-likeness (QED) is 0.352. The Morgan fingerprint density at radius 3 is 2.47 bits per heavy atom. The van der Waals surface area contributed by atoms with Gasteiger partial charge in [0.15, 0.2) is 0 Å². The lowest BCUT2D eigenvalue weighted by Gasteiger charge is -2.05. The van der Waals surface area contributed by atoms with Crippen LogP contribution in [0, 0.1) is 10.1 Å². The van der Waals surface area contributed by atoms with Gasteiger partial charge in [0.2, 0.25) is 0 Å². The summed E-state index contributed by atoms with van der Waals surface area (Å²) in [7, 11) is 0. The standard InChI is InChI=1S/C11H9N3O3/c12-13-11(15)8-5-1-3-7-4-2-6-9(10(7)8)14(16)17/h1-6H,12H2,(H,13,15). The Balaban J connectivity index is 2.85. The lowest BCUT2D eigenvalue weighted by molar-refractivity contribution is -0.383. The molecule has 86 valence electrons. The Hall–Kier alpha value is -2.47. The molecule has 0 aliphatic rings. The van der Waals surface area contributed by atoms with Crippen LogP contribution in [-0.2, 0) is 0 Å². The van der Waals surface area contributed by atoms with Crippen LogP contribution in [0.2, 0.25) is 0 Å². The number of hydrogen-bond donors (Lipinski definition) is 2. The molecule has 0 atom stereocenters. The Morgan fingerprint density at radius 1 is 1.24 bits per heavy atom.